The van der Waals surface area contributed by atoms with E-state index in [1.54, 1.807) is 6.07 Å². The molecule has 21 heavy (non-hydrogen) atoms. The van der Waals surface area contributed by atoms with Crippen molar-refractivity contribution in [2.45, 2.75) is 25.8 Å². The molecule has 0 amide bonds. The normalized spacial score (nSPS) is 16.6. The lowest BCUT2D eigenvalue weighted by Crippen LogP contribution is -2.30. The Hall–Kier alpha value is -1.37. The highest BCUT2D eigenvalue weighted by Crippen LogP contribution is 2.21. The molecule has 1 aliphatic rings. The predicted octanol–water partition coefficient (Wildman–Crippen LogP) is 3.01. The maximum Gasteiger partial charge on any atom is 0.123 e. The molecule has 0 radical (unpaired) electrons. The molecule has 110 valence electrons. The summed E-state index contributed by atoms with van der Waals surface area (Å²) in [5, 5.41) is 12.4. The molecular weight excluding hydrogens is 277 g/mol. The van der Waals surface area contributed by atoms with Gasteiger partial charge in [-0.15, -0.1) is 0 Å². The third-order valence-corrected chi connectivity index (χ3v) is 5.48. The lowest BCUT2D eigenvalue weighted by atomic mass is 10.1. The molecule has 0 aliphatic carbocycles. The van der Waals surface area contributed by atoms with Crippen molar-refractivity contribution in [3.05, 3.63) is 54.1 Å². The number of rotatable bonds is 4. The molecule has 0 bridgehead atoms. The maximum atomic E-state index is 9.98. The quantitative estimate of drug-likeness (QED) is 0.877. The number of nitrogens with zero attached hydrogens (tertiary/aromatic N) is 1. The fraction of sp³-hybridized carbons (Fsp3) is 0.333. The van der Waals surface area contributed by atoms with E-state index in [4.69, 9.17) is 0 Å². The second-order valence-electron chi connectivity index (χ2n) is 5.64. The van der Waals surface area contributed by atoms with Crippen LogP contribution in [-0.2, 0) is 6.54 Å². The molecule has 2 nitrogen and oxygen atoms in total. The summed E-state index contributed by atoms with van der Waals surface area (Å²) < 4.78 is 0. The molecular formula is C18H22NOP. The van der Waals surface area contributed by atoms with E-state index < -0.39 is 0 Å². The van der Waals surface area contributed by atoms with E-state index in [0.29, 0.717) is 14.3 Å². The first-order valence-corrected chi connectivity index (χ1v) is 8.68. The van der Waals surface area contributed by atoms with Gasteiger partial charge < -0.3 is 5.11 Å². The number of hydrogen-bond acceptors (Lipinski definition) is 2. The molecule has 1 heterocycles. The first-order chi connectivity index (χ1) is 10.3. The van der Waals surface area contributed by atoms with Crippen molar-refractivity contribution < 1.29 is 5.11 Å². The average Bonchev–Trinajstić information content (AvgIpc) is 2.52. The van der Waals surface area contributed by atoms with Crippen LogP contribution in [0.25, 0.3) is 0 Å². The summed E-state index contributed by atoms with van der Waals surface area (Å²) in [5.41, 5.74) is 1.40. The van der Waals surface area contributed by atoms with E-state index in [1.807, 2.05) is 18.2 Å². The first kappa shape index (κ1) is 14.6. The lowest BCUT2D eigenvalue weighted by molar-refractivity contribution is 0.221. The largest absolute Gasteiger partial charge is 0.507 e. The van der Waals surface area contributed by atoms with Crippen LogP contribution in [0.5, 0.6) is 5.75 Å². The van der Waals surface area contributed by atoms with Gasteiger partial charge in [-0.05, 0) is 42.9 Å². The molecule has 1 aliphatic heterocycles. The second kappa shape index (κ2) is 7.06. The minimum Gasteiger partial charge on any atom is -0.507 e. The van der Waals surface area contributed by atoms with E-state index >= 15 is 0 Å². The highest BCUT2D eigenvalue weighted by Gasteiger charge is 2.13. The molecule has 0 spiro atoms. The summed E-state index contributed by atoms with van der Waals surface area (Å²) in [5.74, 6) is 0.406. The first-order valence-electron chi connectivity index (χ1n) is 7.68. The van der Waals surface area contributed by atoms with Gasteiger partial charge in [0.25, 0.3) is 0 Å². The fourth-order valence-electron chi connectivity index (χ4n) is 2.86. The van der Waals surface area contributed by atoms with Crippen molar-refractivity contribution in [2.75, 3.05) is 13.1 Å². The highest BCUT2D eigenvalue weighted by atomic mass is 31.1. The third-order valence-electron chi connectivity index (χ3n) is 4.03. The summed E-state index contributed by atoms with van der Waals surface area (Å²) >= 11 is 0. The Balaban J connectivity index is 1.77. The number of piperidine rings is 1. The molecule has 1 unspecified atom stereocenters. The summed E-state index contributed by atoms with van der Waals surface area (Å²) in [6.45, 7) is 3.47. The Morgan fingerprint density at radius 2 is 1.52 bits per heavy atom. The van der Waals surface area contributed by atoms with E-state index in [-0.39, 0.29) is 0 Å². The predicted molar refractivity (Wildman–Crippen MR) is 91.3 cm³/mol. The van der Waals surface area contributed by atoms with Crippen molar-refractivity contribution in [1.82, 2.24) is 4.90 Å². The van der Waals surface area contributed by atoms with E-state index in [2.05, 4.69) is 29.2 Å². The molecule has 2 aromatic carbocycles. The number of hydrogen-bond donors (Lipinski definition) is 1. The maximum absolute atomic E-state index is 9.98. The van der Waals surface area contributed by atoms with E-state index in [1.165, 1.54) is 43.2 Å². The van der Waals surface area contributed by atoms with Crippen LogP contribution in [0.15, 0.2) is 48.5 Å². The van der Waals surface area contributed by atoms with E-state index in [0.717, 1.165) is 11.8 Å². The molecule has 1 N–H and O–H groups in total. The Bertz CT molecular complexity index is 593. The Morgan fingerprint density at radius 1 is 0.857 bits per heavy atom. The topological polar surface area (TPSA) is 23.5 Å². The molecule has 1 saturated heterocycles. The fourth-order valence-corrected chi connectivity index (χ4v) is 4.05. The number of aromatic hydroxyl groups is 1. The second-order valence-corrected chi connectivity index (χ2v) is 6.96. The minimum atomic E-state index is 0.406. The Morgan fingerprint density at radius 3 is 2.29 bits per heavy atom. The molecule has 0 aromatic heterocycles. The Labute approximate surface area is 128 Å². The van der Waals surface area contributed by atoms with Gasteiger partial charge in [0.2, 0.25) is 0 Å². The Kier molecular flexibility index (Phi) is 4.90. The van der Waals surface area contributed by atoms with Crippen molar-refractivity contribution >= 4 is 19.2 Å². The summed E-state index contributed by atoms with van der Waals surface area (Å²) in [6.07, 6.45) is 4.02. The molecule has 1 fully saturated rings. The van der Waals surface area contributed by atoms with Gasteiger partial charge in [-0.25, -0.2) is 0 Å². The summed E-state index contributed by atoms with van der Waals surface area (Å²) in [6, 6.07) is 16.3. The van der Waals surface area contributed by atoms with Gasteiger partial charge in [-0.3, -0.25) is 4.90 Å². The van der Waals surface area contributed by atoms with Crippen molar-refractivity contribution in [3.8, 4) is 5.75 Å². The molecule has 2 aromatic rings. The van der Waals surface area contributed by atoms with Crippen LogP contribution in [0.1, 0.15) is 24.8 Å². The number of phenolic OH excluding ortho intramolecular Hbond substituents is 1. The van der Waals surface area contributed by atoms with Gasteiger partial charge in [0.1, 0.15) is 5.75 Å². The van der Waals surface area contributed by atoms with Crippen LogP contribution in [0, 0.1) is 0 Å². The number of likely N-dealkylation sites (tertiary alicyclic amines) is 1. The standard InChI is InChI=1S/C18H22NOP/c20-16-9-3-5-11-18(16)21-17-10-4-2-8-15(17)14-19-12-6-1-7-13-19/h2-5,8-11,20-21H,1,6-7,12-14H2. The zero-order chi connectivity index (χ0) is 14.5. The lowest BCUT2D eigenvalue weighted by Gasteiger charge is -2.27. The van der Waals surface area contributed by atoms with Crippen molar-refractivity contribution in [1.29, 1.82) is 0 Å². The average molecular weight is 299 g/mol. The van der Waals surface area contributed by atoms with Crippen LogP contribution in [0.3, 0.4) is 0 Å². The summed E-state index contributed by atoms with van der Waals surface area (Å²) in [7, 11) is 0.519. The molecule has 1 atom stereocenters. The molecule has 3 heteroatoms. The van der Waals surface area contributed by atoms with Gasteiger partial charge in [0.05, 0.1) is 0 Å². The zero-order valence-electron chi connectivity index (χ0n) is 12.3. The summed E-state index contributed by atoms with van der Waals surface area (Å²) in [4.78, 5) is 2.55. The third kappa shape index (κ3) is 3.84. The molecule has 0 saturated carbocycles. The zero-order valence-corrected chi connectivity index (χ0v) is 13.3. The molecule has 3 rings (SSSR count). The highest BCUT2D eigenvalue weighted by molar-refractivity contribution is 7.55. The van der Waals surface area contributed by atoms with Crippen LogP contribution in [0.4, 0.5) is 0 Å². The van der Waals surface area contributed by atoms with Gasteiger partial charge in [0.15, 0.2) is 0 Å². The van der Waals surface area contributed by atoms with Crippen LogP contribution >= 0.6 is 8.58 Å². The van der Waals surface area contributed by atoms with Gasteiger partial charge in [-0.1, -0.05) is 57.5 Å². The van der Waals surface area contributed by atoms with Crippen molar-refractivity contribution in [3.63, 3.8) is 0 Å². The number of phenols is 1. The monoisotopic (exact) mass is 299 g/mol. The number of para-hydroxylation sites is 1. The smallest absolute Gasteiger partial charge is 0.123 e. The van der Waals surface area contributed by atoms with E-state index in [9.17, 15) is 5.11 Å². The SMILES string of the molecule is Oc1ccccc1Pc1ccccc1CN1CCCCC1. The minimum absolute atomic E-state index is 0.406. The van der Waals surface area contributed by atoms with Gasteiger partial charge >= 0.3 is 0 Å². The van der Waals surface area contributed by atoms with Gasteiger partial charge in [0, 0.05) is 11.8 Å². The van der Waals surface area contributed by atoms with Crippen LogP contribution in [0.2, 0.25) is 0 Å². The van der Waals surface area contributed by atoms with Crippen LogP contribution in [-0.4, -0.2) is 23.1 Å². The van der Waals surface area contributed by atoms with Gasteiger partial charge in [-0.2, -0.15) is 0 Å². The van der Waals surface area contributed by atoms with Crippen LogP contribution < -0.4 is 10.6 Å². The van der Waals surface area contributed by atoms with Crippen molar-refractivity contribution in [2.24, 2.45) is 0 Å². The number of benzene rings is 2.